The predicted octanol–water partition coefficient (Wildman–Crippen LogP) is 2.19. The fourth-order valence-corrected chi connectivity index (χ4v) is 2.93. The van der Waals surface area contributed by atoms with Gasteiger partial charge in [-0.05, 0) is 6.42 Å². The quantitative estimate of drug-likeness (QED) is 0.744. The molecule has 2 bridgehead atoms. The van der Waals surface area contributed by atoms with Gasteiger partial charge < -0.3 is 4.74 Å². The van der Waals surface area contributed by atoms with Crippen molar-refractivity contribution in [1.82, 2.24) is 5.32 Å². The van der Waals surface area contributed by atoms with E-state index in [2.05, 4.69) is 0 Å². The van der Waals surface area contributed by atoms with Crippen molar-refractivity contribution in [3.63, 3.8) is 0 Å². The Morgan fingerprint density at radius 1 is 1.11 bits per heavy atom. The molecule has 0 spiro atoms. The van der Waals surface area contributed by atoms with Gasteiger partial charge >= 0.3 is 12.4 Å². The van der Waals surface area contributed by atoms with Crippen LogP contribution in [0.25, 0.3) is 0 Å². The van der Waals surface area contributed by atoms with Gasteiger partial charge in [0, 0.05) is 13.0 Å². The lowest BCUT2D eigenvalue weighted by Crippen LogP contribution is -2.70. The van der Waals surface area contributed by atoms with Gasteiger partial charge in [0.05, 0.1) is 12.1 Å². The molecule has 1 aliphatic carbocycles. The number of nitrogens with one attached hydrogen (secondary N) is 1. The molecule has 1 heterocycles. The molecule has 18 heavy (non-hydrogen) atoms. The molecule has 0 aromatic carbocycles. The molecule has 1 saturated carbocycles. The van der Waals surface area contributed by atoms with Crippen molar-refractivity contribution in [3.8, 4) is 0 Å². The number of alkyl halides is 7. The summed E-state index contributed by atoms with van der Waals surface area (Å²) in [4.78, 5) is 0. The molecule has 0 aromatic heterocycles. The van der Waals surface area contributed by atoms with Crippen LogP contribution in [0.2, 0.25) is 0 Å². The van der Waals surface area contributed by atoms with Crippen LogP contribution in [-0.2, 0) is 4.74 Å². The van der Waals surface area contributed by atoms with E-state index in [-0.39, 0.29) is 0 Å². The molecule has 2 fully saturated rings. The van der Waals surface area contributed by atoms with Crippen LogP contribution >= 0.6 is 0 Å². The fraction of sp³-hybridized carbons (Fsp3) is 1.00. The molecule has 4 unspecified atom stereocenters. The molecular weight excluding hydrogens is 271 g/mol. The Morgan fingerprint density at radius 2 is 1.61 bits per heavy atom. The Bertz CT molecular complexity index is 325. The normalized spacial score (nSPS) is 39.3. The molecule has 1 saturated heterocycles. The van der Waals surface area contributed by atoms with E-state index in [0.717, 1.165) is 7.11 Å². The van der Waals surface area contributed by atoms with Gasteiger partial charge in [-0.25, -0.2) is 4.39 Å². The van der Waals surface area contributed by atoms with Gasteiger partial charge in [-0.15, -0.1) is 0 Å². The standard InChI is InChI=1S/C9H10F7NO/c1-18-4-2-3-5(10)6(4)17-7(3,8(11,12)13)9(14,15)16/h3-6,17H,2H2,1H3. The molecule has 1 N–H and O–H groups in total. The van der Waals surface area contributed by atoms with Gasteiger partial charge in [-0.3, -0.25) is 5.32 Å². The zero-order valence-corrected chi connectivity index (χ0v) is 9.07. The first-order valence-corrected chi connectivity index (χ1v) is 5.14. The minimum absolute atomic E-state index is 0.603. The van der Waals surface area contributed by atoms with Gasteiger partial charge in [0.2, 0.25) is 5.54 Å². The maximum atomic E-state index is 13.6. The second-order valence-corrected chi connectivity index (χ2v) is 4.53. The number of halogens is 7. The first-order chi connectivity index (χ1) is 8.06. The Balaban J connectivity index is 2.44. The van der Waals surface area contributed by atoms with Gasteiger partial charge in [-0.1, -0.05) is 0 Å². The molecule has 2 aliphatic rings. The Hall–Kier alpha value is -0.570. The lowest BCUT2D eigenvalue weighted by molar-refractivity contribution is -0.322. The summed E-state index contributed by atoms with van der Waals surface area (Å²) < 4.78 is 95.0. The summed E-state index contributed by atoms with van der Waals surface area (Å²) in [5.74, 6) is -2.20. The Kier molecular flexibility index (Phi) is 2.86. The second kappa shape index (κ2) is 3.72. The van der Waals surface area contributed by atoms with Crippen molar-refractivity contribution < 1.29 is 35.5 Å². The smallest absolute Gasteiger partial charge is 0.380 e. The highest BCUT2D eigenvalue weighted by atomic mass is 19.4. The predicted molar refractivity (Wildman–Crippen MR) is 45.6 cm³/mol. The molecule has 0 aromatic rings. The Morgan fingerprint density at radius 3 is 1.89 bits per heavy atom. The van der Waals surface area contributed by atoms with E-state index >= 15 is 0 Å². The van der Waals surface area contributed by atoms with E-state index in [9.17, 15) is 30.7 Å². The van der Waals surface area contributed by atoms with E-state index in [4.69, 9.17) is 4.74 Å². The summed E-state index contributed by atoms with van der Waals surface area (Å²) in [7, 11) is 1.13. The van der Waals surface area contributed by atoms with Crippen molar-refractivity contribution in [2.24, 2.45) is 5.92 Å². The lowest BCUT2D eigenvalue weighted by Gasteiger charge is -2.42. The van der Waals surface area contributed by atoms with Gasteiger partial charge in [0.25, 0.3) is 0 Å². The number of hydrogen-bond donors (Lipinski definition) is 1. The molecule has 0 radical (unpaired) electrons. The highest BCUT2D eigenvalue weighted by Gasteiger charge is 2.82. The fourth-order valence-electron chi connectivity index (χ4n) is 2.93. The van der Waals surface area contributed by atoms with Crippen LogP contribution in [0.5, 0.6) is 0 Å². The molecule has 1 aliphatic heterocycles. The van der Waals surface area contributed by atoms with Crippen LogP contribution in [0, 0.1) is 5.92 Å². The molecule has 4 atom stereocenters. The highest BCUT2D eigenvalue weighted by Crippen LogP contribution is 2.58. The SMILES string of the molecule is COC1CC2C(F)C1NC2(C(F)(F)F)C(F)(F)F. The van der Waals surface area contributed by atoms with Crippen molar-refractivity contribution in [1.29, 1.82) is 0 Å². The second-order valence-electron chi connectivity index (χ2n) is 4.53. The van der Waals surface area contributed by atoms with Crippen LogP contribution in [0.15, 0.2) is 0 Å². The maximum Gasteiger partial charge on any atom is 0.415 e. The average molecular weight is 281 g/mol. The van der Waals surface area contributed by atoms with Crippen LogP contribution in [0.3, 0.4) is 0 Å². The molecule has 106 valence electrons. The van der Waals surface area contributed by atoms with E-state index < -0.39 is 48.5 Å². The summed E-state index contributed by atoms with van der Waals surface area (Å²) >= 11 is 0. The highest BCUT2D eigenvalue weighted by molar-refractivity contribution is 5.22. The van der Waals surface area contributed by atoms with Crippen molar-refractivity contribution in [2.75, 3.05) is 7.11 Å². The van der Waals surface area contributed by atoms with Crippen LogP contribution < -0.4 is 5.32 Å². The number of rotatable bonds is 1. The van der Waals surface area contributed by atoms with Gasteiger partial charge in [0.1, 0.15) is 6.17 Å². The summed E-state index contributed by atoms with van der Waals surface area (Å²) in [6.07, 6.45) is -15.0. The zero-order valence-electron chi connectivity index (χ0n) is 9.07. The van der Waals surface area contributed by atoms with Gasteiger partial charge in [-0.2, -0.15) is 26.3 Å². The van der Waals surface area contributed by atoms with Gasteiger partial charge in [0.15, 0.2) is 0 Å². The zero-order chi connectivity index (χ0) is 13.9. The lowest BCUT2D eigenvalue weighted by atomic mass is 9.81. The summed E-state index contributed by atoms with van der Waals surface area (Å²) in [5, 5.41) is 1.38. The summed E-state index contributed by atoms with van der Waals surface area (Å²) in [6.45, 7) is 0. The number of methoxy groups -OCH3 is 1. The molecule has 2 rings (SSSR count). The first-order valence-electron chi connectivity index (χ1n) is 5.14. The van der Waals surface area contributed by atoms with Crippen molar-refractivity contribution >= 4 is 0 Å². The Labute approximate surface area is 97.5 Å². The third-order valence-electron chi connectivity index (χ3n) is 3.76. The number of ether oxygens (including phenoxy) is 1. The minimum atomic E-state index is -5.60. The first kappa shape index (κ1) is 13.9. The number of fused-ring (bicyclic) bond motifs is 2. The topological polar surface area (TPSA) is 21.3 Å². The average Bonchev–Trinajstić information content (AvgIpc) is 2.67. The molecule has 2 nitrogen and oxygen atoms in total. The number of hydrogen-bond acceptors (Lipinski definition) is 2. The van der Waals surface area contributed by atoms with Crippen molar-refractivity contribution in [2.45, 2.75) is 42.6 Å². The number of piperidine rings is 1. The summed E-state index contributed by atoms with van der Waals surface area (Å²) in [6, 6.07) is -1.58. The maximum absolute atomic E-state index is 13.6. The third kappa shape index (κ3) is 1.49. The third-order valence-corrected chi connectivity index (χ3v) is 3.76. The van der Waals surface area contributed by atoms with Crippen LogP contribution in [-0.4, -0.2) is 43.3 Å². The van der Waals surface area contributed by atoms with E-state index in [1.807, 2.05) is 0 Å². The molecule has 0 amide bonds. The van der Waals surface area contributed by atoms with E-state index in [0.29, 0.717) is 0 Å². The molecular formula is C9H10F7NO. The summed E-state index contributed by atoms with van der Waals surface area (Å²) in [5.41, 5.74) is -4.17. The molecule has 9 heteroatoms. The van der Waals surface area contributed by atoms with Crippen molar-refractivity contribution in [3.05, 3.63) is 0 Å². The van der Waals surface area contributed by atoms with Crippen LogP contribution in [0.1, 0.15) is 6.42 Å². The van der Waals surface area contributed by atoms with E-state index in [1.165, 1.54) is 5.32 Å². The van der Waals surface area contributed by atoms with Crippen LogP contribution in [0.4, 0.5) is 30.7 Å². The monoisotopic (exact) mass is 281 g/mol. The largest absolute Gasteiger partial charge is 0.415 e. The van der Waals surface area contributed by atoms with E-state index in [1.54, 1.807) is 0 Å². The minimum Gasteiger partial charge on any atom is -0.380 e.